The van der Waals surface area contributed by atoms with Crippen LogP contribution in [0.25, 0.3) is 0 Å². The van der Waals surface area contributed by atoms with Crippen LogP contribution in [-0.2, 0) is 0 Å². The van der Waals surface area contributed by atoms with Gasteiger partial charge in [0, 0.05) is 23.9 Å². The molecule has 0 unspecified atom stereocenters. The standard InChI is InChI=1S/C10H16N2S/c1-11-7-8-12-9-13-10-5-3-2-4-6-10/h2-6,11-12H,7-9H2,1H3. The van der Waals surface area contributed by atoms with E-state index in [0.717, 1.165) is 19.0 Å². The monoisotopic (exact) mass is 196 g/mol. The second-order valence-electron chi connectivity index (χ2n) is 2.71. The first-order chi connectivity index (χ1) is 6.43. The highest BCUT2D eigenvalue weighted by molar-refractivity contribution is 7.99. The minimum Gasteiger partial charge on any atom is -0.318 e. The van der Waals surface area contributed by atoms with Crippen LogP contribution in [-0.4, -0.2) is 26.0 Å². The lowest BCUT2D eigenvalue weighted by atomic mass is 10.4. The topological polar surface area (TPSA) is 24.1 Å². The molecule has 1 rings (SSSR count). The zero-order chi connectivity index (χ0) is 9.36. The van der Waals surface area contributed by atoms with Crippen molar-refractivity contribution in [3.8, 4) is 0 Å². The summed E-state index contributed by atoms with van der Waals surface area (Å²) in [6, 6.07) is 10.4. The highest BCUT2D eigenvalue weighted by atomic mass is 32.2. The van der Waals surface area contributed by atoms with Gasteiger partial charge >= 0.3 is 0 Å². The summed E-state index contributed by atoms with van der Waals surface area (Å²) in [6.45, 7) is 2.05. The molecule has 13 heavy (non-hydrogen) atoms. The summed E-state index contributed by atoms with van der Waals surface area (Å²) < 4.78 is 0. The second-order valence-corrected chi connectivity index (χ2v) is 3.75. The summed E-state index contributed by atoms with van der Waals surface area (Å²) in [5.41, 5.74) is 0. The Morgan fingerprint density at radius 3 is 2.62 bits per heavy atom. The predicted molar refractivity (Wildman–Crippen MR) is 59.1 cm³/mol. The van der Waals surface area contributed by atoms with Crippen LogP contribution in [0.3, 0.4) is 0 Å². The van der Waals surface area contributed by atoms with Crippen LogP contribution >= 0.6 is 11.8 Å². The molecule has 1 aromatic carbocycles. The number of thioether (sulfide) groups is 1. The maximum atomic E-state index is 3.34. The van der Waals surface area contributed by atoms with Crippen molar-refractivity contribution in [1.29, 1.82) is 0 Å². The number of benzene rings is 1. The SMILES string of the molecule is CNCCNCSc1ccccc1. The van der Waals surface area contributed by atoms with Gasteiger partial charge in [-0.25, -0.2) is 0 Å². The molecule has 2 nitrogen and oxygen atoms in total. The lowest BCUT2D eigenvalue weighted by molar-refractivity contribution is 0.708. The highest BCUT2D eigenvalue weighted by Gasteiger charge is 1.90. The van der Waals surface area contributed by atoms with Gasteiger partial charge in [0.05, 0.1) is 0 Å². The Morgan fingerprint density at radius 2 is 1.92 bits per heavy atom. The van der Waals surface area contributed by atoms with E-state index in [1.165, 1.54) is 4.90 Å². The summed E-state index contributed by atoms with van der Waals surface area (Å²) in [5.74, 6) is 0.978. The van der Waals surface area contributed by atoms with E-state index in [4.69, 9.17) is 0 Å². The molecule has 0 fully saturated rings. The van der Waals surface area contributed by atoms with E-state index in [0.29, 0.717) is 0 Å². The third-order valence-electron chi connectivity index (χ3n) is 1.64. The lowest BCUT2D eigenvalue weighted by Gasteiger charge is -2.03. The highest BCUT2D eigenvalue weighted by Crippen LogP contribution is 2.14. The molecule has 0 saturated heterocycles. The number of likely N-dealkylation sites (N-methyl/N-ethyl adjacent to an activating group) is 1. The van der Waals surface area contributed by atoms with Crippen molar-refractivity contribution in [2.45, 2.75) is 4.90 Å². The van der Waals surface area contributed by atoms with Gasteiger partial charge in [0.1, 0.15) is 0 Å². The maximum absolute atomic E-state index is 3.34. The van der Waals surface area contributed by atoms with Gasteiger partial charge < -0.3 is 10.6 Å². The van der Waals surface area contributed by atoms with Gasteiger partial charge in [-0.3, -0.25) is 0 Å². The molecule has 0 amide bonds. The van der Waals surface area contributed by atoms with Crippen LogP contribution in [0.2, 0.25) is 0 Å². The smallest absolute Gasteiger partial charge is 0.0466 e. The van der Waals surface area contributed by atoms with Gasteiger partial charge in [-0.2, -0.15) is 0 Å². The van der Waals surface area contributed by atoms with E-state index in [2.05, 4.69) is 34.9 Å². The quantitative estimate of drug-likeness (QED) is 0.410. The normalized spacial score (nSPS) is 10.2. The molecule has 0 atom stereocenters. The van der Waals surface area contributed by atoms with Gasteiger partial charge in [-0.15, -0.1) is 11.8 Å². The van der Waals surface area contributed by atoms with Gasteiger partial charge in [0.25, 0.3) is 0 Å². The Hall–Kier alpha value is -0.510. The first-order valence-corrected chi connectivity index (χ1v) is 5.45. The molecule has 0 aliphatic rings. The fraction of sp³-hybridized carbons (Fsp3) is 0.400. The first-order valence-electron chi connectivity index (χ1n) is 4.46. The van der Waals surface area contributed by atoms with Crippen molar-refractivity contribution in [3.63, 3.8) is 0 Å². The van der Waals surface area contributed by atoms with E-state index in [9.17, 15) is 0 Å². The lowest BCUT2D eigenvalue weighted by Crippen LogP contribution is -2.24. The van der Waals surface area contributed by atoms with Crippen LogP contribution in [0.1, 0.15) is 0 Å². The third kappa shape index (κ3) is 4.93. The molecule has 0 heterocycles. The fourth-order valence-corrected chi connectivity index (χ4v) is 1.70. The van der Waals surface area contributed by atoms with Crippen molar-refractivity contribution >= 4 is 11.8 Å². The Morgan fingerprint density at radius 1 is 1.15 bits per heavy atom. The van der Waals surface area contributed by atoms with E-state index < -0.39 is 0 Å². The molecule has 0 radical (unpaired) electrons. The average Bonchev–Trinajstić information content (AvgIpc) is 2.19. The Bertz CT molecular complexity index is 213. The molecular weight excluding hydrogens is 180 g/mol. The van der Waals surface area contributed by atoms with E-state index >= 15 is 0 Å². The number of nitrogens with one attached hydrogen (secondary N) is 2. The van der Waals surface area contributed by atoms with Gasteiger partial charge in [-0.05, 0) is 19.2 Å². The van der Waals surface area contributed by atoms with Crippen LogP contribution in [0, 0.1) is 0 Å². The van der Waals surface area contributed by atoms with Crippen molar-refractivity contribution in [2.24, 2.45) is 0 Å². The summed E-state index contributed by atoms with van der Waals surface area (Å²) >= 11 is 1.83. The first kappa shape index (κ1) is 10.6. The average molecular weight is 196 g/mol. The van der Waals surface area contributed by atoms with E-state index in [1.807, 2.05) is 24.9 Å². The van der Waals surface area contributed by atoms with E-state index in [1.54, 1.807) is 0 Å². The minimum atomic E-state index is 0.978. The zero-order valence-corrected chi connectivity index (χ0v) is 8.73. The molecular formula is C10H16N2S. The fourth-order valence-electron chi connectivity index (χ4n) is 0.937. The molecule has 0 aromatic heterocycles. The number of rotatable bonds is 6. The minimum absolute atomic E-state index is 0.978. The van der Waals surface area contributed by atoms with Gasteiger partial charge in [0.15, 0.2) is 0 Å². The summed E-state index contributed by atoms with van der Waals surface area (Å²) in [7, 11) is 1.96. The summed E-state index contributed by atoms with van der Waals surface area (Å²) in [6.07, 6.45) is 0. The molecule has 0 aliphatic carbocycles. The predicted octanol–water partition coefficient (Wildman–Crippen LogP) is 1.55. The molecule has 0 spiro atoms. The summed E-state index contributed by atoms with van der Waals surface area (Å²) in [5, 5.41) is 6.43. The number of hydrogen-bond donors (Lipinski definition) is 2. The maximum Gasteiger partial charge on any atom is 0.0466 e. The number of hydrogen-bond acceptors (Lipinski definition) is 3. The van der Waals surface area contributed by atoms with Gasteiger partial charge in [-0.1, -0.05) is 18.2 Å². The van der Waals surface area contributed by atoms with Crippen molar-refractivity contribution in [1.82, 2.24) is 10.6 Å². The van der Waals surface area contributed by atoms with Crippen LogP contribution in [0.4, 0.5) is 0 Å². The molecule has 0 aliphatic heterocycles. The van der Waals surface area contributed by atoms with Crippen LogP contribution in [0.5, 0.6) is 0 Å². The Kier molecular flexibility index (Phi) is 5.65. The summed E-state index contributed by atoms with van der Waals surface area (Å²) in [4.78, 5) is 1.32. The molecule has 0 saturated carbocycles. The molecule has 3 heteroatoms. The van der Waals surface area contributed by atoms with Crippen LogP contribution in [0.15, 0.2) is 35.2 Å². The zero-order valence-electron chi connectivity index (χ0n) is 7.92. The van der Waals surface area contributed by atoms with Gasteiger partial charge in [0.2, 0.25) is 0 Å². The van der Waals surface area contributed by atoms with Crippen molar-refractivity contribution in [3.05, 3.63) is 30.3 Å². The van der Waals surface area contributed by atoms with Crippen molar-refractivity contribution in [2.75, 3.05) is 26.0 Å². The van der Waals surface area contributed by atoms with Crippen molar-refractivity contribution < 1.29 is 0 Å². The molecule has 1 aromatic rings. The second kappa shape index (κ2) is 6.95. The van der Waals surface area contributed by atoms with Crippen LogP contribution < -0.4 is 10.6 Å². The Labute approximate surface area is 84.1 Å². The molecule has 2 N–H and O–H groups in total. The molecule has 72 valence electrons. The largest absolute Gasteiger partial charge is 0.318 e. The Balaban J connectivity index is 2.07. The van der Waals surface area contributed by atoms with E-state index in [-0.39, 0.29) is 0 Å². The molecule has 0 bridgehead atoms. The third-order valence-corrected chi connectivity index (χ3v) is 2.59.